The number of anilines is 1. The van der Waals surface area contributed by atoms with Gasteiger partial charge in [-0.15, -0.1) is 0 Å². The Morgan fingerprint density at radius 1 is 1.15 bits per heavy atom. The highest BCUT2D eigenvalue weighted by molar-refractivity contribution is 6.21. The van der Waals surface area contributed by atoms with Gasteiger partial charge < -0.3 is 9.73 Å². The molecule has 1 aliphatic rings. The maximum absolute atomic E-state index is 11.9. The quantitative estimate of drug-likeness (QED) is 0.843. The van der Waals surface area contributed by atoms with Gasteiger partial charge in [0.2, 0.25) is 0 Å². The van der Waals surface area contributed by atoms with Crippen molar-refractivity contribution < 1.29 is 18.8 Å². The fourth-order valence-corrected chi connectivity index (χ4v) is 2.04. The highest BCUT2D eigenvalue weighted by Gasteiger charge is 2.32. The zero-order valence-corrected chi connectivity index (χ0v) is 10.5. The number of benzene rings is 1. The minimum atomic E-state index is -0.371. The Kier molecular flexibility index (Phi) is 2.64. The summed E-state index contributed by atoms with van der Waals surface area (Å²) in [6.45, 7) is 0. The third kappa shape index (κ3) is 1.78. The second-order valence-corrected chi connectivity index (χ2v) is 4.40. The van der Waals surface area contributed by atoms with Gasteiger partial charge in [-0.05, 0) is 24.3 Å². The van der Waals surface area contributed by atoms with Crippen LogP contribution < -0.4 is 5.32 Å². The van der Waals surface area contributed by atoms with E-state index < -0.39 is 0 Å². The highest BCUT2D eigenvalue weighted by Crippen LogP contribution is 2.25. The van der Waals surface area contributed by atoms with Crippen LogP contribution in [-0.2, 0) is 0 Å². The second-order valence-electron chi connectivity index (χ2n) is 4.40. The first-order chi connectivity index (χ1) is 9.58. The highest BCUT2D eigenvalue weighted by atomic mass is 16.3. The molecule has 3 rings (SSSR count). The van der Waals surface area contributed by atoms with Gasteiger partial charge in [-0.2, -0.15) is 0 Å². The first kappa shape index (κ1) is 12.2. The van der Waals surface area contributed by atoms with E-state index in [9.17, 15) is 14.4 Å². The molecule has 6 nitrogen and oxygen atoms in total. The average molecular weight is 270 g/mol. The van der Waals surface area contributed by atoms with Gasteiger partial charge in [0.05, 0.1) is 23.0 Å². The number of nitrogens with one attached hydrogen (secondary N) is 1. The van der Waals surface area contributed by atoms with Crippen LogP contribution in [0.2, 0.25) is 0 Å². The van der Waals surface area contributed by atoms with Crippen molar-refractivity contribution in [1.82, 2.24) is 4.90 Å². The van der Waals surface area contributed by atoms with Gasteiger partial charge in [0.25, 0.3) is 17.7 Å². The monoisotopic (exact) mass is 270 g/mol. The molecule has 2 aromatic rings. The van der Waals surface area contributed by atoms with Crippen LogP contribution in [0, 0.1) is 0 Å². The molecule has 1 aliphatic heterocycles. The van der Waals surface area contributed by atoms with E-state index in [0.717, 1.165) is 4.90 Å². The van der Waals surface area contributed by atoms with Crippen molar-refractivity contribution in [2.24, 2.45) is 0 Å². The third-order valence-electron chi connectivity index (χ3n) is 3.13. The normalized spacial score (nSPS) is 13.6. The van der Waals surface area contributed by atoms with E-state index >= 15 is 0 Å². The fraction of sp³-hybridized carbons (Fsp3) is 0.0714. The lowest BCUT2D eigenvalue weighted by atomic mass is 10.1. The molecule has 1 N–H and O–H groups in total. The van der Waals surface area contributed by atoms with Crippen LogP contribution in [0.1, 0.15) is 31.1 Å². The number of fused-ring (bicyclic) bond motifs is 1. The Hall–Kier alpha value is -2.89. The number of hydrogen-bond acceptors (Lipinski definition) is 4. The van der Waals surface area contributed by atoms with Crippen molar-refractivity contribution in [1.29, 1.82) is 0 Å². The van der Waals surface area contributed by atoms with Gasteiger partial charge >= 0.3 is 0 Å². The summed E-state index contributed by atoms with van der Waals surface area (Å²) in [7, 11) is 1.42. The van der Waals surface area contributed by atoms with Crippen LogP contribution in [0.3, 0.4) is 0 Å². The van der Waals surface area contributed by atoms with E-state index in [4.69, 9.17) is 4.42 Å². The van der Waals surface area contributed by atoms with Gasteiger partial charge in [-0.25, -0.2) is 0 Å². The molecule has 20 heavy (non-hydrogen) atoms. The SMILES string of the molecule is CN1C(=O)c2ccc(NC(=O)c3ccoc3)cc2C1=O. The summed E-state index contributed by atoms with van der Waals surface area (Å²) >= 11 is 0. The van der Waals surface area contributed by atoms with Crippen molar-refractivity contribution in [2.75, 3.05) is 12.4 Å². The molecule has 2 heterocycles. The first-order valence-electron chi connectivity index (χ1n) is 5.88. The van der Waals surface area contributed by atoms with E-state index in [1.165, 1.54) is 37.8 Å². The smallest absolute Gasteiger partial charge is 0.261 e. The lowest BCUT2D eigenvalue weighted by Crippen LogP contribution is -2.24. The van der Waals surface area contributed by atoms with E-state index in [2.05, 4.69) is 5.32 Å². The van der Waals surface area contributed by atoms with E-state index in [1.807, 2.05) is 0 Å². The van der Waals surface area contributed by atoms with Crippen LogP contribution >= 0.6 is 0 Å². The molecule has 0 spiro atoms. The van der Waals surface area contributed by atoms with Gasteiger partial charge in [-0.3, -0.25) is 19.3 Å². The Bertz CT molecular complexity index is 719. The van der Waals surface area contributed by atoms with E-state index in [0.29, 0.717) is 22.4 Å². The molecule has 1 aromatic heterocycles. The van der Waals surface area contributed by atoms with Crippen LogP contribution in [0.25, 0.3) is 0 Å². The molecular formula is C14H10N2O4. The lowest BCUT2D eigenvalue weighted by Gasteiger charge is -2.04. The number of carbonyl (C=O) groups excluding carboxylic acids is 3. The number of rotatable bonds is 2. The number of hydrogen-bond donors (Lipinski definition) is 1. The topological polar surface area (TPSA) is 79.6 Å². The van der Waals surface area contributed by atoms with Crippen LogP contribution in [0.5, 0.6) is 0 Å². The van der Waals surface area contributed by atoms with Crippen molar-refractivity contribution in [3.05, 3.63) is 53.5 Å². The largest absolute Gasteiger partial charge is 0.472 e. The number of nitrogens with zero attached hydrogens (tertiary/aromatic N) is 1. The standard InChI is InChI=1S/C14H10N2O4/c1-16-13(18)10-3-2-9(6-11(10)14(16)19)15-12(17)8-4-5-20-7-8/h2-7H,1H3,(H,15,17). The summed E-state index contributed by atoms with van der Waals surface area (Å²) in [5, 5.41) is 2.64. The van der Waals surface area contributed by atoms with Crippen LogP contribution in [0.4, 0.5) is 5.69 Å². The molecule has 0 fully saturated rings. The van der Waals surface area contributed by atoms with Crippen molar-refractivity contribution in [2.45, 2.75) is 0 Å². The Labute approximate surface area is 114 Å². The number of imide groups is 1. The first-order valence-corrected chi connectivity index (χ1v) is 5.88. The Morgan fingerprint density at radius 3 is 2.60 bits per heavy atom. The predicted octanol–water partition coefficient (Wildman–Crippen LogP) is 1.76. The molecule has 0 aliphatic carbocycles. The summed E-state index contributed by atoms with van der Waals surface area (Å²) in [6.07, 6.45) is 2.72. The van der Waals surface area contributed by atoms with Crippen LogP contribution in [-0.4, -0.2) is 29.7 Å². The molecule has 0 atom stereocenters. The lowest BCUT2D eigenvalue weighted by molar-refractivity contribution is 0.0692. The summed E-state index contributed by atoms with van der Waals surface area (Å²) in [5.41, 5.74) is 1.47. The van der Waals surface area contributed by atoms with Crippen molar-refractivity contribution in [3.63, 3.8) is 0 Å². The Morgan fingerprint density at radius 2 is 1.90 bits per heavy atom. The fourth-order valence-electron chi connectivity index (χ4n) is 2.04. The maximum Gasteiger partial charge on any atom is 0.261 e. The molecule has 3 amide bonds. The Balaban J connectivity index is 1.89. The zero-order valence-electron chi connectivity index (χ0n) is 10.5. The summed E-state index contributed by atoms with van der Waals surface area (Å²) in [4.78, 5) is 36.5. The molecular weight excluding hydrogens is 260 g/mol. The molecule has 0 saturated heterocycles. The number of carbonyl (C=O) groups is 3. The van der Waals surface area contributed by atoms with Crippen molar-refractivity contribution in [3.8, 4) is 0 Å². The average Bonchev–Trinajstić information content (AvgIpc) is 3.04. The van der Waals surface area contributed by atoms with E-state index in [1.54, 1.807) is 6.07 Å². The molecule has 0 saturated carbocycles. The van der Waals surface area contributed by atoms with Gasteiger partial charge in [0.15, 0.2) is 0 Å². The minimum Gasteiger partial charge on any atom is -0.472 e. The third-order valence-corrected chi connectivity index (χ3v) is 3.13. The zero-order chi connectivity index (χ0) is 14.3. The van der Waals surface area contributed by atoms with Crippen molar-refractivity contribution >= 4 is 23.4 Å². The second kappa shape index (κ2) is 4.34. The summed E-state index contributed by atoms with van der Waals surface area (Å²) < 4.78 is 4.83. The van der Waals surface area contributed by atoms with Gasteiger partial charge in [0, 0.05) is 12.7 Å². The van der Waals surface area contributed by atoms with Gasteiger partial charge in [-0.1, -0.05) is 0 Å². The molecule has 6 heteroatoms. The van der Waals surface area contributed by atoms with Gasteiger partial charge in [0.1, 0.15) is 6.26 Å². The number of amides is 3. The summed E-state index contributed by atoms with van der Waals surface area (Å²) in [6, 6.07) is 6.15. The predicted molar refractivity (Wildman–Crippen MR) is 69.5 cm³/mol. The molecule has 0 unspecified atom stereocenters. The van der Waals surface area contributed by atoms with Crippen LogP contribution in [0.15, 0.2) is 41.2 Å². The molecule has 0 radical (unpaired) electrons. The maximum atomic E-state index is 11.9. The molecule has 0 bridgehead atoms. The molecule has 1 aromatic carbocycles. The summed E-state index contributed by atoms with van der Waals surface area (Å²) in [5.74, 6) is -1.05. The number of furan rings is 1. The molecule has 100 valence electrons. The van der Waals surface area contributed by atoms with E-state index in [-0.39, 0.29) is 17.7 Å². The minimum absolute atomic E-state index is 0.294.